The monoisotopic (exact) mass is 246 g/mol. The van der Waals surface area contributed by atoms with Gasteiger partial charge in [-0.2, -0.15) is 0 Å². The van der Waals surface area contributed by atoms with Crippen molar-refractivity contribution >= 4 is 11.6 Å². The molecule has 0 amide bonds. The second-order valence-electron chi connectivity index (χ2n) is 3.09. The maximum absolute atomic E-state index is 8.95. The van der Waals surface area contributed by atoms with Gasteiger partial charge in [0.15, 0.2) is 11.5 Å². The number of hydrogen-bond acceptors (Lipinski definition) is 4. The smallest absolute Gasteiger partial charge is 0.183 e. The standard InChI is InChI=1S/C11H15ClO4/c1-14-8-6-7(4-5-13)10(15-2)9(12)11(8)16-3/h6,13H,4-5H2,1-3H3. The van der Waals surface area contributed by atoms with Gasteiger partial charge in [-0.05, 0) is 12.5 Å². The molecule has 0 unspecified atom stereocenters. The van der Waals surface area contributed by atoms with E-state index in [-0.39, 0.29) is 6.61 Å². The van der Waals surface area contributed by atoms with Gasteiger partial charge < -0.3 is 19.3 Å². The average molecular weight is 247 g/mol. The molecule has 0 saturated heterocycles. The first-order chi connectivity index (χ1) is 7.69. The number of methoxy groups -OCH3 is 3. The van der Waals surface area contributed by atoms with Crippen molar-refractivity contribution in [3.05, 3.63) is 16.7 Å². The Bertz CT molecular complexity index is 365. The zero-order valence-electron chi connectivity index (χ0n) is 9.54. The topological polar surface area (TPSA) is 47.9 Å². The summed E-state index contributed by atoms with van der Waals surface area (Å²) in [6, 6.07) is 1.75. The minimum absolute atomic E-state index is 0.0160. The van der Waals surface area contributed by atoms with Crippen LogP contribution in [0.25, 0.3) is 0 Å². The van der Waals surface area contributed by atoms with Crippen molar-refractivity contribution in [3.8, 4) is 17.2 Å². The van der Waals surface area contributed by atoms with E-state index in [1.165, 1.54) is 21.3 Å². The maximum atomic E-state index is 8.95. The lowest BCUT2D eigenvalue weighted by atomic mass is 10.1. The van der Waals surface area contributed by atoms with E-state index in [2.05, 4.69) is 0 Å². The number of rotatable bonds is 5. The molecule has 1 aromatic rings. The second kappa shape index (κ2) is 5.82. The van der Waals surface area contributed by atoms with E-state index in [0.717, 1.165) is 5.56 Å². The Labute approximate surface area is 99.7 Å². The molecular weight excluding hydrogens is 232 g/mol. The van der Waals surface area contributed by atoms with Crippen molar-refractivity contribution in [1.82, 2.24) is 0 Å². The fourth-order valence-corrected chi connectivity index (χ4v) is 1.88. The Morgan fingerprint density at radius 1 is 1.12 bits per heavy atom. The fourth-order valence-electron chi connectivity index (χ4n) is 1.51. The molecule has 1 N–H and O–H groups in total. The van der Waals surface area contributed by atoms with E-state index in [1.54, 1.807) is 6.07 Å². The second-order valence-corrected chi connectivity index (χ2v) is 3.47. The molecule has 0 aromatic heterocycles. The Morgan fingerprint density at radius 3 is 2.19 bits per heavy atom. The van der Waals surface area contributed by atoms with Crippen molar-refractivity contribution in [2.24, 2.45) is 0 Å². The quantitative estimate of drug-likeness (QED) is 0.862. The van der Waals surface area contributed by atoms with Gasteiger partial charge in [-0.1, -0.05) is 11.6 Å². The number of aliphatic hydroxyl groups excluding tert-OH is 1. The Morgan fingerprint density at radius 2 is 1.75 bits per heavy atom. The van der Waals surface area contributed by atoms with Crippen LogP contribution < -0.4 is 14.2 Å². The Balaban J connectivity index is 3.35. The lowest BCUT2D eigenvalue weighted by molar-refractivity contribution is 0.295. The van der Waals surface area contributed by atoms with E-state index in [9.17, 15) is 0 Å². The van der Waals surface area contributed by atoms with Crippen LogP contribution in [-0.2, 0) is 6.42 Å². The predicted octanol–water partition coefficient (Wildman–Crippen LogP) is 1.90. The summed E-state index contributed by atoms with van der Waals surface area (Å²) in [5.41, 5.74) is 0.785. The molecule has 1 aromatic carbocycles. The van der Waals surface area contributed by atoms with Gasteiger partial charge in [0.1, 0.15) is 10.8 Å². The fraction of sp³-hybridized carbons (Fsp3) is 0.455. The molecule has 0 aliphatic rings. The van der Waals surface area contributed by atoms with E-state index in [4.69, 9.17) is 30.9 Å². The van der Waals surface area contributed by atoms with Gasteiger partial charge in [0.25, 0.3) is 0 Å². The van der Waals surface area contributed by atoms with Crippen molar-refractivity contribution in [2.45, 2.75) is 6.42 Å². The summed E-state index contributed by atoms with van der Waals surface area (Å²) in [4.78, 5) is 0. The van der Waals surface area contributed by atoms with Crippen LogP contribution in [0.3, 0.4) is 0 Å². The summed E-state index contributed by atoms with van der Waals surface area (Å²) >= 11 is 6.12. The van der Waals surface area contributed by atoms with E-state index >= 15 is 0 Å². The highest BCUT2D eigenvalue weighted by Crippen LogP contribution is 2.43. The lowest BCUT2D eigenvalue weighted by Gasteiger charge is -2.15. The summed E-state index contributed by atoms with van der Waals surface area (Å²) in [6.45, 7) is 0.0160. The van der Waals surface area contributed by atoms with E-state index in [0.29, 0.717) is 28.7 Å². The first-order valence-electron chi connectivity index (χ1n) is 4.77. The summed E-state index contributed by atoms with van der Waals surface area (Å²) in [5, 5.41) is 9.30. The van der Waals surface area contributed by atoms with Crippen molar-refractivity contribution in [1.29, 1.82) is 0 Å². The number of benzene rings is 1. The van der Waals surface area contributed by atoms with Crippen LogP contribution in [0.1, 0.15) is 5.56 Å². The Hall–Kier alpha value is -1.13. The SMILES string of the molecule is COc1cc(CCO)c(OC)c(Cl)c1OC. The molecule has 0 aliphatic heterocycles. The lowest BCUT2D eigenvalue weighted by Crippen LogP contribution is -2.00. The molecule has 0 heterocycles. The Kier molecular flexibility index (Phi) is 4.71. The normalized spacial score (nSPS) is 10.1. The van der Waals surface area contributed by atoms with Gasteiger partial charge >= 0.3 is 0 Å². The molecule has 90 valence electrons. The van der Waals surface area contributed by atoms with Gasteiger partial charge in [0.2, 0.25) is 0 Å². The van der Waals surface area contributed by atoms with Crippen molar-refractivity contribution < 1.29 is 19.3 Å². The molecule has 4 nitrogen and oxygen atoms in total. The maximum Gasteiger partial charge on any atom is 0.183 e. The van der Waals surface area contributed by atoms with Crippen LogP contribution in [0.2, 0.25) is 5.02 Å². The molecule has 0 spiro atoms. The van der Waals surface area contributed by atoms with Gasteiger partial charge in [-0.3, -0.25) is 0 Å². The molecule has 16 heavy (non-hydrogen) atoms. The summed E-state index contributed by atoms with van der Waals surface area (Å²) in [7, 11) is 4.56. The number of halogens is 1. The largest absolute Gasteiger partial charge is 0.495 e. The molecule has 0 radical (unpaired) electrons. The highest BCUT2D eigenvalue weighted by atomic mass is 35.5. The first kappa shape index (κ1) is 12.9. The predicted molar refractivity (Wildman–Crippen MR) is 61.9 cm³/mol. The van der Waals surface area contributed by atoms with Crippen LogP contribution >= 0.6 is 11.6 Å². The number of aliphatic hydroxyl groups is 1. The molecule has 0 bridgehead atoms. The summed E-state index contributed by atoms with van der Waals surface area (Å²) < 4.78 is 15.5. The minimum atomic E-state index is 0.0160. The van der Waals surface area contributed by atoms with Crippen LogP contribution in [-0.4, -0.2) is 33.0 Å². The van der Waals surface area contributed by atoms with Gasteiger partial charge in [-0.25, -0.2) is 0 Å². The van der Waals surface area contributed by atoms with Gasteiger partial charge in [-0.15, -0.1) is 0 Å². The zero-order chi connectivity index (χ0) is 12.1. The third kappa shape index (κ3) is 2.33. The summed E-state index contributed by atoms with van der Waals surface area (Å²) in [6.07, 6.45) is 0.448. The molecule has 0 fully saturated rings. The molecule has 0 aliphatic carbocycles. The van der Waals surface area contributed by atoms with E-state index in [1.807, 2.05) is 0 Å². The summed E-state index contributed by atoms with van der Waals surface area (Å²) in [5.74, 6) is 1.47. The number of ether oxygens (including phenoxy) is 3. The third-order valence-electron chi connectivity index (χ3n) is 2.23. The molecule has 0 saturated carbocycles. The molecule has 5 heteroatoms. The van der Waals surface area contributed by atoms with Crippen LogP contribution in [0, 0.1) is 0 Å². The third-order valence-corrected chi connectivity index (χ3v) is 2.57. The van der Waals surface area contributed by atoms with Crippen LogP contribution in [0.5, 0.6) is 17.2 Å². The van der Waals surface area contributed by atoms with Crippen LogP contribution in [0.4, 0.5) is 0 Å². The minimum Gasteiger partial charge on any atom is -0.495 e. The first-order valence-corrected chi connectivity index (χ1v) is 5.15. The highest BCUT2D eigenvalue weighted by molar-refractivity contribution is 6.34. The average Bonchev–Trinajstić information content (AvgIpc) is 2.29. The van der Waals surface area contributed by atoms with Gasteiger partial charge in [0.05, 0.1) is 21.3 Å². The highest BCUT2D eigenvalue weighted by Gasteiger charge is 2.18. The number of hydrogen-bond donors (Lipinski definition) is 1. The van der Waals surface area contributed by atoms with Crippen molar-refractivity contribution in [3.63, 3.8) is 0 Å². The molecular formula is C11H15ClO4. The molecule has 1 rings (SSSR count). The molecule has 0 atom stereocenters. The van der Waals surface area contributed by atoms with E-state index < -0.39 is 0 Å². The van der Waals surface area contributed by atoms with Gasteiger partial charge in [0, 0.05) is 12.2 Å². The van der Waals surface area contributed by atoms with Crippen LogP contribution in [0.15, 0.2) is 6.07 Å². The van der Waals surface area contributed by atoms with Crippen molar-refractivity contribution in [2.75, 3.05) is 27.9 Å². The zero-order valence-corrected chi connectivity index (χ0v) is 10.3.